The van der Waals surface area contributed by atoms with Gasteiger partial charge in [-0.1, -0.05) is 18.5 Å². The highest BCUT2D eigenvalue weighted by Crippen LogP contribution is 2.38. The molecule has 0 amide bonds. The minimum absolute atomic E-state index is 0.0159. The van der Waals surface area contributed by atoms with Gasteiger partial charge in [0.2, 0.25) is 0 Å². The highest BCUT2D eigenvalue weighted by atomic mass is 35.5. The maximum absolute atomic E-state index is 12.4. The van der Waals surface area contributed by atoms with E-state index < -0.39 is 11.7 Å². The lowest BCUT2D eigenvalue weighted by molar-refractivity contribution is -0.145. The Morgan fingerprint density at radius 2 is 2.24 bits per heavy atom. The molecule has 1 aromatic heterocycles. The van der Waals surface area contributed by atoms with E-state index in [1.54, 1.807) is 0 Å². The number of halogens is 4. The summed E-state index contributed by atoms with van der Waals surface area (Å²) in [5.74, 6) is 0.241. The van der Waals surface area contributed by atoms with Gasteiger partial charge in [0.1, 0.15) is 12.4 Å². The zero-order valence-corrected chi connectivity index (χ0v) is 12.0. The van der Waals surface area contributed by atoms with Crippen LogP contribution in [0.3, 0.4) is 0 Å². The van der Waals surface area contributed by atoms with Gasteiger partial charge >= 0.3 is 12.1 Å². The number of nitrogens with zero attached hydrogens (tertiary/aromatic N) is 1. The quantitative estimate of drug-likeness (QED) is 0.667. The van der Waals surface area contributed by atoms with Gasteiger partial charge in [-0.15, -0.1) is 0 Å². The normalized spacial score (nSPS) is 21.0. The summed E-state index contributed by atoms with van der Waals surface area (Å²) in [6, 6.07) is 0.800. The van der Waals surface area contributed by atoms with Crippen LogP contribution in [0.1, 0.15) is 18.9 Å². The zero-order valence-electron chi connectivity index (χ0n) is 11.2. The van der Waals surface area contributed by atoms with E-state index in [0.29, 0.717) is 12.1 Å². The summed E-state index contributed by atoms with van der Waals surface area (Å²) in [6.45, 7) is 2.31. The molecule has 21 heavy (non-hydrogen) atoms. The molecule has 0 aliphatic heterocycles. The molecule has 0 spiro atoms. The number of esters is 1. The second-order valence-corrected chi connectivity index (χ2v) is 5.37. The molecule has 1 fully saturated rings. The predicted octanol–water partition coefficient (Wildman–Crippen LogP) is 3.36. The van der Waals surface area contributed by atoms with Gasteiger partial charge in [0, 0.05) is 6.20 Å². The smallest absolute Gasteiger partial charge is 0.417 e. The number of anilines is 1. The van der Waals surface area contributed by atoms with Crippen molar-refractivity contribution in [3.63, 3.8) is 0 Å². The molecule has 0 saturated heterocycles. The summed E-state index contributed by atoms with van der Waals surface area (Å²) in [6.07, 6.45) is -2.93. The highest BCUT2D eigenvalue weighted by Gasteiger charge is 2.40. The molecule has 1 aliphatic rings. The van der Waals surface area contributed by atoms with E-state index in [1.165, 1.54) is 0 Å². The number of rotatable bonds is 5. The van der Waals surface area contributed by atoms with E-state index in [2.05, 4.69) is 10.3 Å². The van der Waals surface area contributed by atoms with Gasteiger partial charge in [0.05, 0.1) is 23.0 Å². The maximum atomic E-state index is 12.4. The fourth-order valence-electron chi connectivity index (χ4n) is 1.80. The fourth-order valence-corrected chi connectivity index (χ4v) is 2.03. The molecule has 2 atom stereocenters. The van der Waals surface area contributed by atoms with Crippen LogP contribution in [0.2, 0.25) is 5.02 Å². The van der Waals surface area contributed by atoms with Gasteiger partial charge in [-0.25, -0.2) is 4.98 Å². The van der Waals surface area contributed by atoms with Crippen molar-refractivity contribution in [2.75, 3.05) is 18.5 Å². The highest BCUT2D eigenvalue weighted by molar-refractivity contribution is 6.32. The standard InChI is InChI=1S/C13H14ClF3N2O2/c1-7-4-9(7)12(20)21-3-2-18-11-10(14)5-8(6-19-11)13(15,16)17/h5-7,9H,2-4H2,1H3,(H,18,19)/t7-,9-/m1/s1. The molecule has 1 aromatic rings. The molecule has 1 N–H and O–H groups in total. The molecule has 116 valence electrons. The number of hydrogen-bond acceptors (Lipinski definition) is 4. The second kappa shape index (κ2) is 6.09. The molecular weight excluding hydrogens is 309 g/mol. The molecule has 8 heteroatoms. The van der Waals surface area contributed by atoms with Gasteiger partial charge in [0.15, 0.2) is 0 Å². The van der Waals surface area contributed by atoms with Crippen molar-refractivity contribution < 1.29 is 22.7 Å². The fraction of sp³-hybridized carbons (Fsp3) is 0.538. The number of aromatic nitrogens is 1. The zero-order chi connectivity index (χ0) is 15.6. The molecule has 0 unspecified atom stereocenters. The van der Waals surface area contributed by atoms with E-state index in [4.69, 9.17) is 16.3 Å². The van der Waals surface area contributed by atoms with Gasteiger partial charge < -0.3 is 10.1 Å². The topological polar surface area (TPSA) is 51.2 Å². The third-order valence-electron chi connectivity index (χ3n) is 3.22. The summed E-state index contributed by atoms with van der Waals surface area (Å²) < 4.78 is 42.3. The van der Waals surface area contributed by atoms with Crippen LogP contribution in [0.5, 0.6) is 0 Å². The number of nitrogens with one attached hydrogen (secondary N) is 1. The first-order valence-corrected chi connectivity index (χ1v) is 6.80. The lowest BCUT2D eigenvalue weighted by Crippen LogP contribution is -2.16. The van der Waals surface area contributed by atoms with Crippen LogP contribution < -0.4 is 5.32 Å². The minimum Gasteiger partial charge on any atom is -0.464 e. The van der Waals surface area contributed by atoms with Crippen LogP contribution in [0, 0.1) is 11.8 Å². The van der Waals surface area contributed by atoms with Gasteiger partial charge in [-0.2, -0.15) is 13.2 Å². The van der Waals surface area contributed by atoms with Crippen molar-refractivity contribution in [3.05, 3.63) is 22.8 Å². The molecule has 0 aromatic carbocycles. The van der Waals surface area contributed by atoms with Crippen molar-refractivity contribution in [1.82, 2.24) is 4.98 Å². The SMILES string of the molecule is C[C@@H]1C[C@H]1C(=O)OCCNc1ncc(C(F)(F)F)cc1Cl. The van der Waals surface area contributed by atoms with Crippen molar-refractivity contribution in [2.45, 2.75) is 19.5 Å². The minimum atomic E-state index is -4.48. The molecule has 0 bridgehead atoms. The third kappa shape index (κ3) is 4.23. The third-order valence-corrected chi connectivity index (χ3v) is 3.51. The van der Waals surface area contributed by atoms with Gasteiger partial charge in [-0.05, 0) is 18.4 Å². The Morgan fingerprint density at radius 1 is 1.57 bits per heavy atom. The van der Waals surface area contributed by atoms with E-state index in [0.717, 1.165) is 12.5 Å². The van der Waals surface area contributed by atoms with Crippen LogP contribution in [0.25, 0.3) is 0 Å². The Bertz CT molecular complexity index is 537. The first kappa shape index (κ1) is 15.9. The lowest BCUT2D eigenvalue weighted by Gasteiger charge is -2.11. The van der Waals surface area contributed by atoms with Crippen LogP contribution in [-0.4, -0.2) is 24.1 Å². The summed E-state index contributed by atoms with van der Waals surface area (Å²) in [5, 5.41) is 2.60. The monoisotopic (exact) mass is 322 g/mol. The lowest BCUT2D eigenvalue weighted by atomic mass is 10.3. The predicted molar refractivity (Wildman–Crippen MR) is 71.0 cm³/mol. The average Bonchev–Trinajstić information content (AvgIpc) is 3.12. The largest absolute Gasteiger partial charge is 0.464 e. The Kier molecular flexibility index (Phi) is 4.61. The first-order chi connectivity index (χ1) is 9.79. The Hall–Kier alpha value is -1.50. The summed E-state index contributed by atoms with van der Waals surface area (Å²) in [7, 11) is 0. The summed E-state index contributed by atoms with van der Waals surface area (Å²) in [5.41, 5.74) is -0.910. The van der Waals surface area contributed by atoms with E-state index >= 15 is 0 Å². The number of alkyl halides is 3. The number of carbonyl (C=O) groups is 1. The number of hydrogen-bond donors (Lipinski definition) is 1. The molecule has 2 rings (SSSR count). The van der Waals surface area contributed by atoms with Crippen molar-refractivity contribution in [3.8, 4) is 0 Å². The molecule has 1 aliphatic carbocycles. The van der Waals surface area contributed by atoms with Gasteiger partial charge in [-0.3, -0.25) is 4.79 Å². The number of carbonyl (C=O) groups excluding carboxylic acids is 1. The Labute approximate surface area is 124 Å². The van der Waals surface area contributed by atoms with E-state index in [-0.39, 0.29) is 35.9 Å². The number of ether oxygens (including phenoxy) is 1. The van der Waals surface area contributed by atoms with Crippen LogP contribution in [0.4, 0.5) is 19.0 Å². The van der Waals surface area contributed by atoms with Crippen LogP contribution >= 0.6 is 11.6 Å². The van der Waals surface area contributed by atoms with Crippen LogP contribution in [0.15, 0.2) is 12.3 Å². The van der Waals surface area contributed by atoms with Gasteiger partial charge in [0.25, 0.3) is 0 Å². The molecule has 4 nitrogen and oxygen atoms in total. The van der Waals surface area contributed by atoms with E-state index in [9.17, 15) is 18.0 Å². The second-order valence-electron chi connectivity index (χ2n) is 4.97. The molecule has 0 radical (unpaired) electrons. The Balaban J connectivity index is 1.79. The van der Waals surface area contributed by atoms with Crippen molar-refractivity contribution >= 4 is 23.4 Å². The van der Waals surface area contributed by atoms with E-state index in [1.807, 2.05) is 6.92 Å². The summed E-state index contributed by atoms with van der Waals surface area (Å²) in [4.78, 5) is 15.0. The molecule has 1 saturated carbocycles. The number of pyridine rings is 1. The molecular formula is C13H14ClF3N2O2. The van der Waals surface area contributed by atoms with Crippen LogP contribution in [-0.2, 0) is 15.7 Å². The van der Waals surface area contributed by atoms with Crippen molar-refractivity contribution in [1.29, 1.82) is 0 Å². The molecule has 1 heterocycles. The average molecular weight is 323 g/mol. The maximum Gasteiger partial charge on any atom is 0.417 e. The Morgan fingerprint density at radius 3 is 2.76 bits per heavy atom. The summed E-state index contributed by atoms with van der Waals surface area (Å²) >= 11 is 5.72. The first-order valence-electron chi connectivity index (χ1n) is 6.42. The van der Waals surface area contributed by atoms with Crippen molar-refractivity contribution in [2.24, 2.45) is 11.8 Å².